The number of fused-ring (bicyclic) bond motifs is 3. The Balaban J connectivity index is 1.19. The number of primary amides is 1. The van der Waals surface area contributed by atoms with Crippen molar-refractivity contribution in [1.82, 2.24) is 14.7 Å². The van der Waals surface area contributed by atoms with Crippen molar-refractivity contribution < 1.29 is 14.3 Å². The van der Waals surface area contributed by atoms with E-state index >= 15 is 0 Å². The van der Waals surface area contributed by atoms with E-state index in [4.69, 9.17) is 27.2 Å². The number of nitrogens with two attached hydrogens (primary N) is 1. The van der Waals surface area contributed by atoms with Gasteiger partial charge in [-0.1, -0.05) is 29.8 Å². The maximum atomic E-state index is 12.0. The molecule has 1 aromatic heterocycles. The molecule has 2 unspecified atom stereocenters. The van der Waals surface area contributed by atoms with Crippen molar-refractivity contribution in [2.24, 2.45) is 5.73 Å². The van der Waals surface area contributed by atoms with Gasteiger partial charge in [0.1, 0.15) is 17.5 Å². The van der Waals surface area contributed by atoms with Crippen molar-refractivity contribution in [3.63, 3.8) is 0 Å². The fourth-order valence-corrected chi connectivity index (χ4v) is 7.16. The predicted octanol–water partition coefficient (Wildman–Crippen LogP) is 5.72. The van der Waals surface area contributed by atoms with Gasteiger partial charge in [-0.15, -0.1) is 0 Å². The van der Waals surface area contributed by atoms with Gasteiger partial charge < -0.3 is 15.4 Å². The number of piperidine rings is 1. The lowest BCUT2D eigenvalue weighted by atomic mass is 9.96. The summed E-state index contributed by atoms with van der Waals surface area (Å²) in [7, 11) is 0. The summed E-state index contributed by atoms with van der Waals surface area (Å²) in [4.78, 5) is 25.4. The van der Waals surface area contributed by atoms with E-state index in [1.54, 1.807) is 6.07 Å². The number of nitrogens with zero attached hydrogens (tertiary/aromatic N) is 3. The van der Waals surface area contributed by atoms with Crippen LogP contribution >= 0.6 is 11.6 Å². The van der Waals surface area contributed by atoms with Gasteiger partial charge in [-0.25, -0.2) is 0 Å². The van der Waals surface area contributed by atoms with Crippen molar-refractivity contribution in [3.8, 4) is 17.0 Å². The third kappa shape index (κ3) is 4.33. The monoisotopic (exact) mass is 554 g/mol. The quantitative estimate of drug-likeness (QED) is 0.282. The van der Waals surface area contributed by atoms with Gasteiger partial charge in [0.05, 0.1) is 12.1 Å². The molecule has 3 aliphatic rings. The minimum atomic E-state index is -0.464. The molecule has 2 aliphatic heterocycles. The van der Waals surface area contributed by atoms with E-state index in [1.807, 2.05) is 64.2 Å². The molecule has 40 heavy (non-hydrogen) atoms. The summed E-state index contributed by atoms with van der Waals surface area (Å²) in [5, 5.41) is 6.75. The van der Waals surface area contributed by atoms with E-state index in [0.29, 0.717) is 12.1 Å². The van der Waals surface area contributed by atoms with Crippen molar-refractivity contribution >= 4 is 34.8 Å². The molecule has 2 atom stereocenters. The average molecular weight is 555 g/mol. The van der Waals surface area contributed by atoms with Gasteiger partial charge >= 0.3 is 0 Å². The average Bonchev–Trinajstić information content (AvgIpc) is 3.58. The van der Waals surface area contributed by atoms with Gasteiger partial charge in [0, 0.05) is 51.9 Å². The SMILES string of the molecule is NC(=O)c1ccc2c(c1)c(-c1ccc(OC3CC4CCC(C3)N4C=O)cc1)nn2CC1(c2ccccc2Cl)CC1. The second-order valence-corrected chi connectivity index (χ2v) is 11.9. The standard InChI is InChI=1S/C32H31ClN4O3/c33-28-4-2-1-3-27(28)32(13-14-32)18-37-29-12-7-21(31(34)39)15-26(29)30(35-37)20-5-10-24(11-6-20)40-25-16-22-8-9-23(17-25)36(22)19-38/h1-7,10-12,15,19,22-23,25H,8-9,13-14,16-18H2,(H2,34,39). The zero-order valence-corrected chi connectivity index (χ0v) is 22.9. The van der Waals surface area contributed by atoms with E-state index in [-0.39, 0.29) is 23.6 Å². The first kappa shape index (κ1) is 25.1. The van der Waals surface area contributed by atoms with E-state index in [0.717, 1.165) is 83.4 Å². The lowest BCUT2D eigenvalue weighted by Gasteiger charge is -2.36. The maximum absolute atomic E-state index is 12.0. The smallest absolute Gasteiger partial charge is 0.248 e. The van der Waals surface area contributed by atoms with E-state index < -0.39 is 5.91 Å². The zero-order valence-electron chi connectivity index (χ0n) is 22.1. The Kier molecular flexibility index (Phi) is 6.08. The van der Waals surface area contributed by atoms with Gasteiger partial charge in [-0.2, -0.15) is 5.10 Å². The molecule has 3 heterocycles. The number of carbonyl (C=O) groups is 2. The molecular weight excluding hydrogens is 524 g/mol. The molecule has 3 aromatic carbocycles. The third-order valence-corrected chi connectivity index (χ3v) is 9.41. The van der Waals surface area contributed by atoms with E-state index in [1.165, 1.54) is 0 Å². The number of amides is 2. The Morgan fingerprint density at radius 2 is 1.77 bits per heavy atom. The summed E-state index contributed by atoms with van der Waals surface area (Å²) >= 11 is 6.60. The Hall–Kier alpha value is -3.84. The van der Waals surface area contributed by atoms with Crippen molar-refractivity contribution in [1.29, 1.82) is 0 Å². The van der Waals surface area contributed by atoms with Crippen LogP contribution in [0.25, 0.3) is 22.2 Å². The molecule has 0 spiro atoms. The molecule has 1 aliphatic carbocycles. The van der Waals surface area contributed by atoms with E-state index in [2.05, 4.69) is 6.07 Å². The van der Waals surface area contributed by atoms with Gasteiger partial charge in [0.15, 0.2) is 0 Å². The normalized spacial score (nSPS) is 22.8. The molecule has 204 valence electrons. The lowest BCUT2D eigenvalue weighted by Crippen LogP contribution is -2.45. The first-order valence-corrected chi connectivity index (χ1v) is 14.4. The number of benzene rings is 3. The second kappa shape index (κ2) is 9.66. The molecule has 2 N–H and O–H groups in total. The van der Waals surface area contributed by atoms with Crippen LogP contribution in [-0.4, -0.2) is 45.2 Å². The highest BCUT2D eigenvalue weighted by Gasteiger charge is 2.46. The Labute approximate surface area is 237 Å². The molecule has 2 saturated heterocycles. The third-order valence-electron chi connectivity index (χ3n) is 9.08. The van der Waals surface area contributed by atoms with Crippen LogP contribution in [0.15, 0.2) is 66.7 Å². The number of halogens is 1. The highest BCUT2D eigenvalue weighted by atomic mass is 35.5. The van der Waals surface area contributed by atoms with Crippen LogP contribution in [0.3, 0.4) is 0 Å². The van der Waals surface area contributed by atoms with Crippen molar-refractivity contribution in [3.05, 3.63) is 82.9 Å². The molecule has 2 amide bonds. The fourth-order valence-electron chi connectivity index (χ4n) is 6.82. The van der Waals surface area contributed by atoms with Crippen LogP contribution in [0.4, 0.5) is 0 Å². The number of aromatic nitrogens is 2. The summed E-state index contributed by atoms with van der Waals surface area (Å²) in [6, 6.07) is 22.2. The summed E-state index contributed by atoms with van der Waals surface area (Å²) < 4.78 is 8.40. The molecule has 7 nitrogen and oxygen atoms in total. The number of ether oxygens (including phenoxy) is 1. The molecular formula is C32H31ClN4O3. The molecule has 3 fully saturated rings. The van der Waals surface area contributed by atoms with Crippen LogP contribution < -0.4 is 10.5 Å². The summed E-state index contributed by atoms with van der Waals surface area (Å²) in [6.45, 7) is 0.701. The number of hydrogen-bond acceptors (Lipinski definition) is 4. The molecule has 2 bridgehead atoms. The molecule has 4 aromatic rings. The summed E-state index contributed by atoms with van der Waals surface area (Å²) in [6.07, 6.45) is 7.06. The topological polar surface area (TPSA) is 90.5 Å². The van der Waals surface area contributed by atoms with Crippen molar-refractivity contribution in [2.75, 3.05) is 0 Å². The molecule has 7 rings (SSSR count). The lowest BCUT2D eigenvalue weighted by molar-refractivity contribution is -0.123. The fraction of sp³-hybridized carbons (Fsp3) is 0.344. The van der Waals surface area contributed by atoms with Crippen LogP contribution in [0, 0.1) is 0 Å². The van der Waals surface area contributed by atoms with Gasteiger partial charge in [0.2, 0.25) is 12.3 Å². The van der Waals surface area contributed by atoms with Gasteiger partial charge in [0.25, 0.3) is 0 Å². The molecule has 8 heteroatoms. The minimum Gasteiger partial charge on any atom is -0.490 e. The predicted molar refractivity (Wildman–Crippen MR) is 154 cm³/mol. The van der Waals surface area contributed by atoms with Crippen LogP contribution in [-0.2, 0) is 16.8 Å². The summed E-state index contributed by atoms with van der Waals surface area (Å²) in [5.74, 6) is 0.346. The maximum Gasteiger partial charge on any atom is 0.248 e. The van der Waals surface area contributed by atoms with E-state index in [9.17, 15) is 9.59 Å². The van der Waals surface area contributed by atoms with Gasteiger partial charge in [-0.05, 0) is 79.8 Å². The highest BCUT2D eigenvalue weighted by Crippen LogP contribution is 2.52. The van der Waals surface area contributed by atoms with Crippen LogP contribution in [0.5, 0.6) is 5.75 Å². The zero-order chi connectivity index (χ0) is 27.4. The second-order valence-electron chi connectivity index (χ2n) is 11.5. The molecule has 1 saturated carbocycles. The summed E-state index contributed by atoms with van der Waals surface area (Å²) in [5.41, 5.74) is 9.90. The first-order valence-electron chi connectivity index (χ1n) is 14.0. The first-order chi connectivity index (χ1) is 19.4. The number of rotatable bonds is 8. The minimum absolute atomic E-state index is 0.0482. The Morgan fingerprint density at radius 3 is 2.42 bits per heavy atom. The van der Waals surface area contributed by atoms with Crippen molar-refractivity contribution in [2.45, 2.75) is 68.7 Å². The molecule has 0 radical (unpaired) electrons. The Bertz CT molecular complexity index is 1600. The largest absolute Gasteiger partial charge is 0.490 e. The van der Waals surface area contributed by atoms with Crippen LogP contribution in [0.1, 0.15) is 54.4 Å². The number of hydrogen-bond donors (Lipinski definition) is 1. The highest BCUT2D eigenvalue weighted by molar-refractivity contribution is 6.31. The number of carbonyl (C=O) groups excluding carboxylic acids is 2. The Morgan fingerprint density at radius 1 is 1.05 bits per heavy atom. The van der Waals surface area contributed by atoms with Gasteiger partial charge in [-0.3, -0.25) is 14.3 Å². The van der Waals surface area contributed by atoms with Crippen LogP contribution in [0.2, 0.25) is 5.02 Å².